The molecule has 0 aromatic rings. The first kappa shape index (κ1) is 14.2. The van der Waals surface area contributed by atoms with Gasteiger partial charge in [-0.3, -0.25) is 9.59 Å². The van der Waals surface area contributed by atoms with Crippen molar-refractivity contribution in [3.05, 3.63) is 0 Å². The first-order valence-electron chi connectivity index (χ1n) is 6.92. The largest absolute Gasteiger partial charge is 0.466 e. The molecule has 1 atom stereocenters. The Hall–Kier alpha value is -0.860. The molecule has 0 spiro atoms. The van der Waals surface area contributed by atoms with Gasteiger partial charge in [0.1, 0.15) is 5.78 Å². The van der Waals surface area contributed by atoms with E-state index in [1.54, 1.807) is 0 Å². The normalized spacial score (nSPS) is 23.8. The smallest absolute Gasteiger partial charge is 0.308 e. The highest BCUT2D eigenvalue weighted by atomic mass is 16.5. The lowest BCUT2D eigenvalue weighted by molar-refractivity contribution is -0.148. The summed E-state index contributed by atoms with van der Waals surface area (Å²) >= 11 is 0. The van der Waals surface area contributed by atoms with Gasteiger partial charge in [-0.1, -0.05) is 19.3 Å². The topological polar surface area (TPSA) is 43.4 Å². The molecule has 1 rings (SSSR count). The molecule has 0 radical (unpaired) electrons. The summed E-state index contributed by atoms with van der Waals surface area (Å²) < 4.78 is 5.10. The fourth-order valence-electron chi connectivity index (χ4n) is 2.37. The molecule has 0 N–H and O–H groups in total. The first-order valence-corrected chi connectivity index (χ1v) is 6.92. The molecular weight excluding hydrogens is 216 g/mol. The van der Waals surface area contributed by atoms with Crippen molar-refractivity contribution < 1.29 is 14.3 Å². The summed E-state index contributed by atoms with van der Waals surface area (Å²) in [5.41, 5.74) is 0. The van der Waals surface area contributed by atoms with Crippen molar-refractivity contribution in [2.45, 2.75) is 64.7 Å². The summed E-state index contributed by atoms with van der Waals surface area (Å²) in [5.74, 6) is 0.404. The van der Waals surface area contributed by atoms with Crippen molar-refractivity contribution >= 4 is 11.8 Å². The molecule has 0 heterocycles. The van der Waals surface area contributed by atoms with Gasteiger partial charge in [0.15, 0.2) is 0 Å². The maximum atomic E-state index is 11.7. The molecule has 1 saturated carbocycles. The van der Waals surface area contributed by atoms with Crippen LogP contribution in [0, 0.1) is 5.92 Å². The molecule has 0 amide bonds. The maximum absolute atomic E-state index is 11.7. The van der Waals surface area contributed by atoms with Crippen molar-refractivity contribution in [2.75, 3.05) is 6.61 Å². The number of rotatable bonds is 2. The number of Topliss-reactive ketones (excluding diaryl/α,β-unsaturated/α-hetero) is 1. The minimum Gasteiger partial charge on any atom is -0.466 e. The molecule has 0 saturated heterocycles. The van der Waals surface area contributed by atoms with E-state index in [4.69, 9.17) is 4.74 Å². The molecule has 0 aromatic heterocycles. The number of ether oxygens (including phenoxy) is 1. The molecule has 0 aliphatic heterocycles. The molecule has 98 valence electrons. The van der Waals surface area contributed by atoms with Crippen LogP contribution in [-0.4, -0.2) is 18.4 Å². The molecular formula is C14H24O3. The summed E-state index contributed by atoms with van der Waals surface area (Å²) in [4.78, 5) is 23.2. The molecule has 0 aromatic carbocycles. The number of esters is 1. The van der Waals surface area contributed by atoms with Crippen LogP contribution < -0.4 is 0 Å². The van der Waals surface area contributed by atoms with E-state index in [9.17, 15) is 9.59 Å². The van der Waals surface area contributed by atoms with Crippen molar-refractivity contribution in [3.63, 3.8) is 0 Å². The summed E-state index contributed by atoms with van der Waals surface area (Å²) in [5, 5.41) is 0. The van der Waals surface area contributed by atoms with Crippen LogP contribution in [0.15, 0.2) is 0 Å². The van der Waals surface area contributed by atoms with Gasteiger partial charge in [0.25, 0.3) is 0 Å². The summed E-state index contributed by atoms with van der Waals surface area (Å²) in [7, 11) is 0. The highest BCUT2D eigenvalue weighted by molar-refractivity contribution is 5.78. The quantitative estimate of drug-likeness (QED) is 0.696. The average molecular weight is 240 g/mol. The Balaban J connectivity index is 2.42. The number of carbonyl (C=O) groups is 2. The van der Waals surface area contributed by atoms with Crippen LogP contribution >= 0.6 is 0 Å². The Bertz CT molecular complexity index is 248. The van der Waals surface area contributed by atoms with Crippen molar-refractivity contribution in [1.29, 1.82) is 0 Å². The van der Waals surface area contributed by atoms with E-state index >= 15 is 0 Å². The standard InChI is InChI=1S/C14H24O3/c1-2-17-14(16)12-8-4-3-5-10-13(15)11-7-6-9-12/h12H,2-11H2,1H3. The van der Waals surface area contributed by atoms with Gasteiger partial charge in [0.2, 0.25) is 0 Å². The molecule has 1 unspecified atom stereocenters. The van der Waals surface area contributed by atoms with Gasteiger partial charge in [0, 0.05) is 12.8 Å². The van der Waals surface area contributed by atoms with E-state index in [0.717, 1.165) is 51.4 Å². The maximum Gasteiger partial charge on any atom is 0.308 e. The van der Waals surface area contributed by atoms with Gasteiger partial charge < -0.3 is 4.74 Å². The van der Waals surface area contributed by atoms with Crippen LogP contribution in [0.3, 0.4) is 0 Å². The minimum atomic E-state index is -0.0435. The van der Waals surface area contributed by atoms with Crippen molar-refractivity contribution in [2.24, 2.45) is 5.92 Å². The number of ketones is 1. The van der Waals surface area contributed by atoms with E-state index in [-0.39, 0.29) is 11.9 Å². The lowest BCUT2D eigenvalue weighted by atomic mass is 9.95. The van der Waals surface area contributed by atoms with E-state index in [2.05, 4.69) is 0 Å². The van der Waals surface area contributed by atoms with Gasteiger partial charge in [-0.2, -0.15) is 0 Å². The number of hydrogen-bond donors (Lipinski definition) is 0. The lowest BCUT2D eigenvalue weighted by Crippen LogP contribution is -2.17. The third-order valence-corrected chi connectivity index (χ3v) is 3.39. The summed E-state index contributed by atoms with van der Waals surface area (Å²) in [6.07, 6.45) is 8.19. The zero-order chi connectivity index (χ0) is 12.5. The first-order chi connectivity index (χ1) is 8.24. The molecule has 1 aliphatic rings. The Morgan fingerprint density at radius 1 is 1.12 bits per heavy atom. The lowest BCUT2D eigenvalue weighted by Gasteiger charge is -2.14. The molecule has 0 bridgehead atoms. The number of carbonyl (C=O) groups excluding carboxylic acids is 2. The number of hydrogen-bond acceptors (Lipinski definition) is 3. The highest BCUT2D eigenvalue weighted by Gasteiger charge is 2.19. The second-order valence-electron chi connectivity index (χ2n) is 4.83. The predicted octanol–water partition coefficient (Wildman–Crippen LogP) is 3.26. The van der Waals surface area contributed by atoms with Crippen LogP contribution in [0.4, 0.5) is 0 Å². The molecule has 1 fully saturated rings. The van der Waals surface area contributed by atoms with Gasteiger partial charge in [-0.05, 0) is 32.6 Å². The second-order valence-corrected chi connectivity index (χ2v) is 4.83. The van der Waals surface area contributed by atoms with E-state index < -0.39 is 0 Å². The Morgan fingerprint density at radius 2 is 1.71 bits per heavy atom. The fraction of sp³-hybridized carbons (Fsp3) is 0.857. The average Bonchev–Trinajstić information content (AvgIpc) is 2.35. The van der Waals surface area contributed by atoms with E-state index in [0.29, 0.717) is 18.8 Å². The summed E-state index contributed by atoms with van der Waals surface area (Å²) in [6.45, 7) is 2.32. The molecule has 3 nitrogen and oxygen atoms in total. The van der Waals surface area contributed by atoms with Crippen LogP contribution in [0.1, 0.15) is 64.7 Å². The SMILES string of the molecule is CCOC(=O)C1CCCCCC(=O)CCCC1. The fourth-order valence-corrected chi connectivity index (χ4v) is 2.37. The van der Waals surface area contributed by atoms with Crippen molar-refractivity contribution in [3.8, 4) is 0 Å². The molecule has 3 heteroatoms. The van der Waals surface area contributed by atoms with Crippen LogP contribution in [0.25, 0.3) is 0 Å². The van der Waals surface area contributed by atoms with Gasteiger partial charge >= 0.3 is 5.97 Å². The predicted molar refractivity (Wildman–Crippen MR) is 66.7 cm³/mol. The Morgan fingerprint density at radius 3 is 2.35 bits per heavy atom. The third kappa shape index (κ3) is 5.85. The third-order valence-electron chi connectivity index (χ3n) is 3.39. The zero-order valence-electron chi connectivity index (χ0n) is 10.9. The Kier molecular flexibility index (Phi) is 6.90. The van der Waals surface area contributed by atoms with Crippen LogP contribution in [0.5, 0.6) is 0 Å². The van der Waals surface area contributed by atoms with Crippen LogP contribution in [-0.2, 0) is 14.3 Å². The zero-order valence-corrected chi connectivity index (χ0v) is 10.9. The molecule has 1 aliphatic carbocycles. The highest BCUT2D eigenvalue weighted by Crippen LogP contribution is 2.21. The van der Waals surface area contributed by atoms with Gasteiger partial charge in [0.05, 0.1) is 12.5 Å². The second kappa shape index (κ2) is 8.26. The van der Waals surface area contributed by atoms with E-state index in [1.165, 1.54) is 0 Å². The van der Waals surface area contributed by atoms with Gasteiger partial charge in [-0.15, -0.1) is 0 Å². The van der Waals surface area contributed by atoms with Crippen LogP contribution in [0.2, 0.25) is 0 Å². The van der Waals surface area contributed by atoms with E-state index in [1.807, 2.05) is 6.92 Å². The minimum absolute atomic E-state index is 0.0435. The molecule has 17 heavy (non-hydrogen) atoms. The summed E-state index contributed by atoms with van der Waals surface area (Å²) in [6, 6.07) is 0. The Labute approximate surface area is 104 Å². The van der Waals surface area contributed by atoms with Gasteiger partial charge in [-0.25, -0.2) is 0 Å². The monoisotopic (exact) mass is 240 g/mol. The van der Waals surface area contributed by atoms with Crippen molar-refractivity contribution in [1.82, 2.24) is 0 Å².